The minimum absolute atomic E-state index is 0.218. The lowest BCUT2D eigenvalue weighted by molar-refractivity contribution is 0.148. The Bertz CT molecular complexity index is 329. The second-order valence-corrected chi connectivity index (χ2v) is 4.31. The van der Waals surface area contributed by atoms with E-state index >= 15 is 0 Å². The van der Waals surface area contributed by atoms with Crippen molar-refractivity contribution in [2.45, 2.75) is 45.1 Å². The summed E-state index contributed by atoms with van der Waals surface area (Å²) in [5.74, 6) is 0.174. The first-order valence-corrected chi connectivity index (χ1v) is 5.68. The molecule has 1 aromatic carbocycles. The monoisotopic (exact) mass is 208 g/mol. The first-order valence-electron chi connectivity index (χ1n) is 5.68. The highest BCUT2D eigenvalue weighted by Crippen LogP contribution is 2.25. The topological polar surface area (TPSA) is 9.23 Å². The lowest BCUT2D eigenvalue weighted by Crippen LogP contribution is -2.20. The van der Waals surface area contributed by atoms with Crippen LogP contribution in [0.15, 0.2) is 18.2 Å². The molecule has 1 aromatic rings. The third kappa shape index (κ3) is 2.71. The molecule has 2 heteroatoms. The zero-order valence-corrected chi connectivity index (χ0v) is 9.13. The number of ether oxygens (including phenoxy) is 1. The molecule has 0 bridgehead atoms. The minimum Gasteiger partial charge on any atom is -0.487 e. The van der Waals surface area contributed by atoms with Crippen molar-refractivity contribution in [2.75, 3.05) is 0 Å². The normalized spacial score (nSPS) is 17.7. The highest BCUT2D eigenvalue weighted by molar-refractivity contribution is 5.29. The fourth-order valence-corrected chi connectivity index (χ4v) is 2.06. The van der Waals surface area contributed by atoms with Crippen LogP contribution in [0.1, 0.15) is 37.7 Å². The number of aryl methyl sites for hydroxylation is 1. The van der Waals surface area contributed by atoms with Crippen LogP contribution in [0.4, 0.5) is 4.39 Å². The van der Waals surface area contributed by atoms with E-state index in [2.05, 4.69) is 0 Å². The molecule has 2 rings (SSSR count). The van der Waals surface area contributed by atoms with Gasteiger partial charge < -0.3 is 4.74 Å². The molecule has 15 heavy (non-hydrogen) atoms. The van der Waals surface area contributed by atoms with Crippen LogP contribution >= 0.6 is 0 Å². The van der Waals surface area contributed by atoms with Gasteiger partial charge in [-0.2, -0.15) is 0 Å². The van der Waals surface area contributed by atoms with Crippen LogP contribution in [-0.2, 0) is 0 Å². The van der Waals surface area contributed by atoms with E-state index in [1.165, 1.54) is 25.3 Å². The zero-order chi connectivity index (χ0) is 10.7. The smallest absolute Gasteiger partial charge is 0.165 e. The summed E-state index contributed by atoms with van der Waals surface area (Å²) in [6.45, 7) is 1.95. The molecule has 0 N–H and O–H groups in total. The first-order chi connectivity index (χ1) is 7.25. The summed E-state index contributed by atoms with van der Waals surface area (Å²) in [6.07, 6.45) is 6.04. The van der Waals surface area contributed by atoms with Gasteiger partial charge in [-0.3, -0.25) is 0 Å². The van der Waals surface area contributed by atoms with Crippen LogP contribution in [0.25, 0.3) is 0 Å². The second-order valence-electron chi connectivity index (χ2n) is 4.31. The molecule has 1 fully saturated rings. The molecule has 0 aromatic heterocycles. The van der Waals surface area contributed by atoms with Gasteiger partial charge in [0.15, 0.2) is 11.6 Å². The molecule has 0 radical (unpaired) electrons. The van der Waals surface area contributed by atoms with E-state index in [1.54, 1.807) is 12.1 Å². The predicted octanol–water partition coefficient (Wildman–Crippen LogP) is 3.85. The Labute approximate surface area is 90.3 Å². The van der Waals surface area contributed by atoms with E-state index in [0.717, 1.165) is 18.4 Å². The third-order valence-corrected chi connectivity index (χ3v) is 2.93. The first kappa shape index (κ1) is 10.5. The summed E-state index contributed by atoms with van der Waals surface area (Å²) in [5.41, 5.74) is 1.04. The lowest BCUT2D eigenvalue weighted by Gasteiger charge is -2.23. The van der Waals surface area contributed by atoms with E-state index in [0.29, 0.717) is 5.75 Å². The number of hydrogen-bond donors (Lipinski definition) is 0. The maximum absolute atomic E-state index is 13.4. The summed E-state index contributed by atoms with van der Waals surface area (Å²) in [5, 5.41) is 0. The van der Waals surface area contributed by atoms with Gasteiger partial charge in [-0.05, 0) is 50.3 Å². The van der Waals surface area contributed by atoms with Crippen molar-refractivity contribution < 1.29 is 9.13 Å². The van der Waals surface area contributed by atoms with Crippen molar-refractivity contribution in [2.24, 2.45) is 0 Å². The van der Waals surface area contributed by atoms with Gasteiger partial charge in [-0.15, -0.1) is 0 Å². The lowest BCUT2D eigenvalue weighted by atomic mass is 9.98. The van der Waals surface area contributed by atoms with Crippen LogP contribution in [0.2, 0.25) is 0 Å². The van der Waals surface area contributed by atoms with Crippen molar-refractivity contribution in [1.29, 1.82) is 0 Å². The standard InChI is InChI=1S/C13H17FO/c1-10-7-8-12(14)13(9-10)15-11-5-3-2-4-6-11/h7-9,11H,2-6H2,1H3. The average molecular weight is 208 g/mol. The molecule has 1 saturated carbocycles. The predicted molar refractivity (Wildman–Crippen MR) is 58.6 cm³/mol. The van der Waals surface area contributed by atoms with Crippen LogP contribution in [-0.4, -0.2) is 6.10 Å². The number of benzene rings is 1. The molecule has 0 atom stereocenters. The second kappa shape index (κ2) is 4.65. The SMILES string of the molecule is Cc1ccc(F)c(OC2CCCCC2)c1. The molecule has 0 heterocycles. The maximum Gasteiger partial charge on any atom is 0.165 e. The maximum atomic E-state index is 13.4. The highest BCUT2D eigenvalue weighted by atomic mass is 19.1. The van der Waals surface area contributed by atoms with Crippen LogP contribution in [0.3, 0.4) is 0 Å². The average Bonchev–Trinajstić information content (AvgIpc) is 2.25. The Morgan fingerprint density at radius 3 is 2.67 bits per heavy atom. The molecule has 82 valence electrons. The number of hydrogen-bond acceptors (Lipinski definition) is 1. The number of halogens is 1. The van der Waals surface area contributed by atoms with Crippen molar-refractivity contribution in [3.05, 3.63) is 29.6 Å². The molecule has 0 aliphatic heterocycles. The van der Waals surface area contributed by atoms with Crippen molar-refractivity contribution >= 4 is 0 Å². The van der Waals surface area contributed by atoms with E-state index < -0.39 is 0 Å². The molecule has 0 saturated heterocycles. The van der Waals surface area contributed by atoms with Gasteiger partial charge in [0.05, 0.1) is 6.10 Å². The number of rotatable bonds is 2. The molecule has 1 nitrogen and oxygen atoms in total. The quantitative estimate of drug-likeness (QED) is 0.717. The van der Waals surface area contributed by atoms with Gasteiger partial charge in [0.1, 0.15) is 0 Å². The molecule has 1 aliphatic carbocycles. The summed E-state index contributed by atoms with van der Waals surface area (Å²) in [7, 11) is 0. The zero-order valence-electron chi connectivity index (χ0n) is 9.13. The van der Waals surface area contributed by atoms with Gasteiger partial charge in [-0.25, -0.2) is 4.39 Å². The van der Waals surface area contributed by atoms with Gasteiger partial charge >= 0.3 is 0 Å². The molecule has 0 spiro atoms. The van der Waals surface area contributed by atoms with Crippen LogP contribution in [0, 0.1) is 12.7 Å². The molecular formula is C13H17FO. The minimum atomic E-state index is -0.244. The summed E-state index contributed by atoms with van der Waals surface area (Å²) >= 11 is 0. The van der Waals surface area contributed by atoms with Gasteiger partial charge in [0, 0.05) is 0 Å². The van der Waals surface area contributed by atoms with Crippen LogP contribution in [0.5, 0.6) is 5.75 Å². The largest absolute Gasteiger partial charge is 0.487 e. The van der Waals surface area contributed by atoms with Crippen molar-refractivity contribution in [3.63, 3.8) is 0 Å². The van der Waals surface area contributed by atoms with Crippen LogP contribution < -0.4 is 4.74 Å². The van der Waals surface area contributed by atoms with E-state index in [1.807, 2.05) is 6.92 Å². The Morgan fingerprint density at radius 1 is 1.20 bits per heavy atom. The van der Waals surface area contributed by atoms with E-state index in [-0.39, 0.29) is 11.9 Å². The molecular weight excluding hydrogens is 191 g/mol. The Balaban J connectivity index is 2.05. The summed E-state index contributed by atoms with van der Waals surface area (Å²) in [6, 6.07) is 5.03. The van der Waals surface area contributed by atoms with Crippen molar-refractivity contribution in [3.8, 4) is 5.75 Å². The highest BCUT2D eigenvalue weighted by Gasteiger charge is 2.16. The molecule has 0 unspecified atom stereocenters. The molecule has 0 amide bonds. The van der Waals surface area contributed by atoms with Gasteiger partial charge in [-0.1, -0.05) is 12.5 Å². The summed E-state index contributed by atoms with van der Waals surface area (Å²) in [4.78, 5) is 0. The fraction of sp³-hybridized carbons (Fsp3) is 0.538. The van der Waals surface area contributed by atoms with Crippen molar-refractivity contribution in [1.82, 2.24) is 0 Å². The summed E-state index contributed by atoms with van der Waals surface area (Å²) < 4.78 is 19.1. The third-order valence-electron chi connectivity index (χ3n) is 2.93. The van der Waals surface area contributed by atoms with E-state index in [4.69, 9.17) is 4.74 Å². The van der Waals surface area contributed by atoms with Gasteiger partial charge in [0.2, 0.25) is 0 Å². The fourth-order valence-electron chi connectivity index (χ4n) is 2.06. The Morgan fingerprint density at radius 2 is 1.93 bits per heavy atom. The Hall–Kier alpha value is -1.05. The van der Waals surface area contributed by atoms with Gasteiger partial charge in [0.25, 0.3) is 0 Å². The van der Waals surface area contributed by atoms with E-state index in [9.17, 15) is 4.39 Å². The Kier molecular flexibility index (Phi) is 3.24. The molecule has 1 aliphatic rings.